The van der Waals surface area contributed by atoms with Gasteiger partial charge in [-0.05, 0) is 54.4 Å². The molecule has 3 aromatic carbocycles. The zero-order chi connectivity index (χ0) is 23.8. The Morgan fingerprint density at radius 2 is 1.58 bits per heavy atom. The van der Waals surface area contributed by atoms with Crippen molar-refractivity contribution in [2.24, 2.45) is 5.10 Å². The molecule has 3 rings (SSSR count). The van der Waals surface area contributed by atoms with Crippen molar-refractivity contribution in [2.45, 2.75) is 6.92 Å². The van der Waals surface area contributed by atoms with Crippen LogP contribution in [0.4, 0.5) is 17.1 Å². The van der Waals surface area contributed by atoms with Crippen molar-refractivity contribution >= 4 is 41.0 Å². The number of hydrogen-bond donors (Lipinski definition) is 3. The summed E-state index contributed by atoms with van der Waals surface area (Å²) in [4.78, 5) is 39.1. The van der Waals surface area contributed by atoms with E-state index in [1.54, 1.807) is 30.3 Å². The third-order valence-electron chi connectivity index (χ3n) is 4.69. The number of amides is 3. The summed E-state index contributed by atoms with van der Waals surface area (Å²) in [7, 11) is 3.87. The first-order chi connectivity index (χ1) is 15.8. The highest BCUT2D eigenvalue weighted by molar-refractivity contribution is 6.40. The van der Waals surface area contributed by atoms with Crippen LogP contribution in [-0.2, 0) is 9.59 Å². The summed E-state index contributed by atoms with van der Waals surface area (Å²) >= 11 is 0. The van der Waals surface area contributed by atoms with Gasteiger partial charge in [-0.15, -0.1) is 0 Å². The van der Waals surface area contributed by atoms with E-state index in [1.165, 1.54) is 6.21 Å². The predicted octanol–water partition coefficient (Wildman–Crippen LogP) is 3.40. The minimum atomic E-state index is -0.954. The molecule has 8 heteroatoms. The molecule has 0 bridgehead atoms. The number of nitrogens with zero attached hydrogens (tertiary/aromatic N) is 2. The number of carbonyl (C=O) groups excluding carboxylic acids is 3. The number of nitrogens with one attached hydrogen (secondary N) is 3. The first kappa shape index (κ1) is 23.2. The third-order valence-corrected chi connectivity index (χ3v) is 4.69. The van der Waals surface area contributed by atoms with E-state index in [1.807, 2.05) is 68.4 Å². The fourth-order valence-electron chi connectivity index (χ4n) is 2.97. The molecule has 3 amide bonds. The molecule has 0 saturated carbocycles. The number of benzene rings is 3. The van der Waals surface area contributed by atoms with E-state index in [4.69, 9.17) is 0 Å². The quantitative estimate of drug-likeness (QED) is 0.309. The summed E-state index contributed by atoms with van der Waals surface area (Å²) in [6, 6.07) is 21.3. The largest absolute Gasteiger partial charge is 0.378 e. The summed E-state index contributed by atoms with van der Waals surface area (Å²) < 4.78 is 0. The van der Waals surface area contributed by atoms with Crippen LogP contribution in [0.15, 0.2) is 77.9 Å². The van der Waals surface area contributed by atoms with Crippen LogP contribution in [0, 0.1) is 6.92 Å². The number of rotatable bonds is 6. The number of para-hydroxylation sites is 1. The summed E-state index contributed by atoms with van der Waals surface area (Å²) in [5.41, 5.74) is 6.05. The van der Waals surface area contributed by atoms with Crippen molar-refractivity contribution in [1.82, 2.24) is 5.43 Å². The normalized spacial score (nSPS) is 10.5. The topological polar surface area (TPSA) is 103 Å². The van der Waals surface area contributed by atoms with Gasteiger partial charge < -0.3 is 15.5 Å². The summed E-state index contributed by atoms with van der Waals surface area (Å²) in [6.45, 7) is 1.92. The lowest BCUT2D eigenvalue weighted by atomic mass is 10.1. The fourth-order valence-corrected chi connectivity index (χ4v) is 2.97. The zero-order valence-electron chi connectivity index (χ0n) is 18.6. The van der Waals surface area contributed by atoms with Crippen LogP contribution in [-0.4, -0.2) is 38.0 Å². The Hall–Kier alpha value is -4.46. The molecule has 0 atom stereocenters. The van der Waals surface area contributed by atoms with Gasteiger partial charge in [0.15, 0.2) is 0 Å². The number of hydrogen-bond acceptors (Lipinski definition) is 5. The van der Waals surface area contributed by atoms with E-state index >= 15 is 0 Å². The molecule has 3 N–H and O–H groups in total. The lowest BCUT2D eigenvalue weighted by molar-refractivity contribution is -0.136. The molecule has 33 heavy (non-hydrogen) atoms. The Morgan fingerprint density at radius 1 is 0.848 bits per heavy atom. The predicted molar refractivity (Wildman–Crippen MR) is 131 cm³/mol. The highest BCUT2D eigenvalue weighted by atomic mass is 16.2. The molecule has 0 aliphatic heterocycles. The maximum Gasteiger partial charge on any atom is 0.329 e. The molecule has 3 aromatic rings. The van der Waals surface area contributed by atoms with Gasteiger partial charge in [0, 0.05) is 25.5 Å². The maximum atomic E-state index is 12.7. The van der Waals surface area contributed by atoms with Crippen LogP contribution in [0.5, 0.6) is 0 Å². The third kappa shape index (κ3) is 6.51. The van der Waals surface area contributed by atoms with E-state index in [0.717, 1.165) is 16.8 Å². The molecular weight excluding hydrogens is 418 g/mol. The van der Waals surface area contributed by atoms with Crippen LogP contribution in [0.25, 0.3) is 0 Å². The molecule has 168 valence electrons. The van der Waals surface area contributed by atoms with Crippen molar-refractivity contribution in [3.63, 3.8) is 0 Å². The Kier molecular flexibility index (Phi) is 7.54. The van der Waals surface area contributed by atoms with Gasteiger partial charge in [-0.3, -0.25) is 14.4 Å². The van der Waals surface area contributed by atoms with E-state index in [2.05, 4.69) is 21.2 Å². The highest BCUT2D eigenvalue weighted by Gasteiger charge is 2.17. The molecule has 0 spiro atoms. The number of hydrazone groups is 1. The molecule has 0 aromatic heterocycles. The number of carbonyl (C=O) groups is 3. The highest BCUT2D eigenvalue weighted by Crippen LogP contribution is 2.18. The Morgan fingerprint density at radius 3 is 2.27 bits per heavy atom. The Labute approximate surface area is 192 Å². The average Bonchev–Trinajstić information content (AvgIpc) is 2.79. The SMILES string of the molecule is Cc1cccc(NC(=O)c2ccccc2NC(=O)C(=O)N/N=C/c2ccc(N(C)C)cc2)c1. The average molecular weight is 444 g/mol. The van der Waals surface area contributed by atoms with Gasteiger partial charge in [-0.1, -0.05) is 36.4 Å². The van der Waals surface area contributed by atoms with Gasteiger partial charge in [0.25, 0.3) is 5.91 Å². The lowest BCUT2D eigenvalue weighted by Gasteiger charge is -2.11. The van der Waals surface area contributed by atoms with Crippen LogP contribution < -0.4 is 21.0 Å². The van der Waals surface area contributed by atoms with Gasteiger partial charge in [-0.25, -0.2) is 5.43 Å². The van der Waals surface area contributed by atoms with Gasteiger partial charge in [0.2, 0.25) is 0 Å². The van der Waals surface area contributed by atoms with Crippen LogP contribution in [0.2, 0.25) is 0 Å². The molecule has 0 radical (unpaired) electrons. The molecule has 8 nitrogen and oxygen atoms in total. The summed E-state index contributed by atoms with van der Waals surface area (Å²) in [5, 5.41) is 9.08. The maximum absolute atomic E-state index is 12.7. The second-order valence-corrected chi connectivity index (χ2v) is 7.51. The van der Waals surface area contributed by atoms with Gasteiger partial charge in [0.1, 0.15) is 0 Å². The van der Waals surface area contributed by atoms with E-state index in [-0.39, 0.29) is 11.3 Å². The zero-order valence-corrected chi connectivity index (χ0v) is 18.6. The van der Waals surface area contributed by atoms with Crippen molar-refractivity contribution in [3.05, 3.63) is 89.5 Å². The summed E-state index contributed by atoms with van der Waals surface area (Å²) in [5.74, 6) is -2.30. The fraction of sp³-hybridized carbons (Fsp3) is 0.120. The monoisotopic (exact) mass is 443 g/mol. The van der Waals surface area contributed by atoms with Crippen LogP contribution in [0.3, 0.4) is 0 Å². The standard InChI is InChI=1S/C25H25N5O3/c1-17-7-6-8-19(15-17)27-23(31)21-9-4-5-10-22(21)28-24(32)25(33)29-26-16-18-11-13-20(14-12-18)30(2)3/h4-16H,1-3H3,(H,27,31)(H,28,32)(H,29,33)/b26-16+. The number of aryl methyl sites for hydroxylation is 1. The smallest absolute Gasteiger partial charge is 0.329 e. The minimum Gasteiger partial charge on any atom is -0.378 e. The Bertz CT molecular complexity index is 1190. The van der Waals surface area contributed by atoms with Crippen molar-refractivity contribution < 1.29 is 14.4 Å². The molecule has 0 aliphatic carbocycles. The van der Waals surface area contributed by atoms with E-state index in [0.29, 0.717) is 5.69 Å². The van der Waals surface area contributed by atoms with Gasteiger partial charge >= 0.3 is 11.8 Å². The van der Waals surface area contributed by atoms with Crippen LogP contribution >= 0.6 is 0 Å². The van der Waals surface area contributed by atoms with Gasteiger partial charge in [0.05, 0.1) is 17.5 Å². The van der Waals surface area contributed by atoms with Crippen molar-refractivity contribution in [3.8, 4) is 0 Å². The molecular formula is C25H25N5O3. The molecule has 0 aliphatic rings. The minimum absolute atomic E-state index is 0.214. The first-order valence-electron chi connectivity index (χ1n) is 10.2. The molecule has 0 saturated heterocycles. The first-order valence-corrected chi connectivity index (χ1v) is 10.2. The second-order valence-electron chi connectivity index (χ2n) is 7.51. The lowest BCUT2D eigenvalue weighted by Crippen LogP contribution is -2.33. The number of anilines is 3. The van der Waals surface area contributed by atoms with Crippen LogP contribution in [0.1, 0.15) is 21.5 Å². The second kappa shape index (κ2) is 10.7. The van der Waals surface area contributed by atoms with E-state index < -0.39 is 17.7 Å². The van der Waals surface area contributed by atoms with Crippen molar-refractivity contribution in [2.75, 3.05) is 29.6 Å². The molecule has 0 heterocycles. The summed E-state index contributed by atoms with van der Waals surface area (Å²) in [6.07, 6.45) is 1.44. The molecule has 0 fully saturated rings. The molecule has 0 unspecified atom stereocenters. The van der Waals surface area contributed by atoms with E-state index in [9.17, 15) is 14.4 Å². The Balaban J connectivity index is 1.61. The van der Waals surface area contributed by atoms with Crippen molar-refractivity contribution in [1.29, 1.82) is 0 Å². The van der Waals surface area contributed by atoms with Gasteiger partial charge in [-0.2, -0.15) is 5.10 Å².